The van der Waals surface area contributed by atoms with Crippen LogP contribution >= 0.6 is 0 Å². The van der Waals surface area contributed by atoms with Crippen LogP contribution in [0.25, 0.3) is 16.7 Å². The number of hydrogen-bond acceptors (Lipinski definition) is 9. The lowest BCUT2D eigenvalue weighted by molar-refractivity contribution is -0.135. The summed E-state index contributed by atoms with van der Waals surface area (Å²) < 4.78 is 34.5. The molecule has 4 aromatic heterocycles. The van der Waals surface area contributed by atoms with Gasteiger partial charge in [-0.2, -0.15) is 10.2 Å². The van der Waals surface area contributed by atoms with E-state index in [-0.39, 0.29) is 35.3 Å². The van der Waals surface area contributed by atoms with Crippen LogP contribution in [0, 0.1) is 5.92 Å². The van der Waals surface area contributed by atoms with E-state index in [1.165, 1.54) is 29.8 Å². The van der Waals surface area contributed by atoms with Gasteiger partial charge in [-0.05, 0) is 81.9 Å². The van der Waals surface area contributed by atoms with E-state index in [0.717, 1.165) is 69.4 Å². The highest BCUT2D eigenvalue weighted by atomic mass is 19.3. The van der Waals surface area contributed by atoms with Crippen LogP contribution < -0.4 is 21.2 Å². The lowest BCUT2D eigenvalue weighted by Gasteiger charge is -2.42. The Morgan fingerprint density at radius 2 is 1.77 bits per heavy atom. The zero-order valence-electron chi connectivity index (χ0n) is 31.2. The third kappa shape index (κ3) is 6.64. The molecule has 15 nitrogen and oxygen atoms in total. The van der Waals surface area contributed by atoms with Crippen LogP contribution in [-0.2, 0) is 16.6 Å². The van der Waals surface area contributed by atoms with Gasteiger partial charge in [0.25, 0.3) is 12.3 Å². The molecular formula is C39H45F2N11O4. The largest absolute Gasteiger partial charge is 0.370 e. The number of benzene rings is 1. The maximum atomic E-state index is 14.1. The molecule has 2 aliphatic heterocycles. The summed E-state index contributed by atoms with van der Waals surface area (Å²) >= 11 is 0. The zero-order valence-corrected chi connectivity index (χ0v) is 31.2. The molecule has 1 atom stereocenters. The predicted molar refractivity (Wildman–Crippen MR) is 203 cm³/mol. The SMILES string of the molecule is Cn1c(=O)n(C2CCC(=O)NC2=O)c2cccc(N3CCC(N(CC4CCC(n5cc(NC(=O)c6cnn7cccnc67)c(C(F)F)n5)CC4)C4CC4)CC3)c21. The summed E-state index contributed by atoms with van der Waals surface area (Å²) in [7, 11) is 1.75. The molecule has 2 saturated carbocycles. The number of aryl methyl sites for hydroxylation is 1. The number of fused-ring (bicyclic) bond motifs is 2. The first-order chi connectivity index (χ1) is 27.1. The highest BCUT2D eigenvalue weighted by molar-refractivity contribution is 6.08. The first-order valence-electron chi connectivity index (χ1n) is 19.7. The van der Waals surface area contributed by atoms with Gasteiger partial charge in [-0.15, -0.1) is 0 Å². The topological polar surface area (TPSA) is 157 Å². The van der Waals surface area contributed by atoms with Crippen LogP contribution in [0.15, 0.2) is 53.8 Å². The highest BCUT2D eigenvalue weighted by Crippen LogP contribution is 2.39. The van der Waals surface area contributed by atoms with Gasteiger partial charge >= 0.3 is 5.69 Å². The van der Waals surface area contributed by atoms with Crippen molar-refractivity contribution in [3.8, 4) is 0 Å². The van der Waals surface area contributed by atoms with E-state index in [1.54, 1.807) is 39.3 Å². The van der Waals surface area contributed by atoms with E-state index in [9.17, 15) is 28.0 Å². The quantitative estimate of drug-likeness (QED) is 0.194. The summed E-state index contributed by atoms with van der Waals surface area (Å²) in [6, 6.07) is 7.83. The van der Waals surface area contributed by atoms with Gasteiger partial charge in [0.2, 0.25) is 11.8 Å². The molecule has 1 unspecified atom stereocenters. The molecule has 56 heavy (non-hydrogen) atoms. The van der Waals surface area contributed by atoms with Crippen molar-refractivity contribution in [2.45, 2.75) is 94.8 Å². The second-order valence-corrected chi connectivity index (χ2v) is 15.8. The van der Waals surface area contributed by atoms with E-state index in [1.807, 2.05) is 18.2 Å². The van der Waals surface area contributed by atoms with E-state index >= 15 is 0 Å². The number of carbonyl (C=O) groups excluding carboxylic acids is 3. The van der Waals surface area contributed by atoms with Gasteiger partial charge in [0.1, 0.15) is 11.6 Å². The number of aromatic nitrogens is 7. The maximum absolute atomic E-state index is 14.1. The number of hydrogen-bond donors (Lipinski definition) is 2. The summed E-state index contributed by atoms with van der Waals surface area (Å²) in [6.45, 7) is 2.70. The molecule has 0 radical (unpaired) electrons. The van der Waals surface area contributed by atoms with Crippen molar-refractivity contribution in [3.05, 3.63) is 70.8 Å². The minimum absolute atomic E-state index is 0.000928. The Labute approximate surface area is 320 Å². The number of amides is 3. The third-order valence-electron chi connectivity index (χ3n) is 12.3. The molecule has 4 fully saturated rings. The van der Waals surface area contributed by atoms with Crippen molar-refractivity contribution in [2.75, 3.05) is 29.9 Å². The summed E-state index contributed by atoms with van der Waals surface area (Å²) in [5.74, 6) is -0.825. The minimum atomic E-state index is -2.85. The number of nitrogens with zero attached hydrogens (tertiary/aromatic N) is 9. The predicted octanol–water partition coefficient (Wildman–Crippen LogP) is 4.61. The van der Waals surface area contributed by atoms with Gasteiger partial charge in [-0.3, -0.25) is 38.4 Å². The van der Waals surface area contributed by atoms with Crippen LogP contribution in [0.4, 0.5) is 20.2 Å². The summed E-state index contributed by atoms with van der Waals surface area (Å²) in [4.78, 5) is 60.4. The Morgan fingerprint density at radius 3 is 2.50 bits per heavy atom. The fourth-order valence-corrected chi connectivity index (χ4v) is 9.26. The molecule has 2 N–H and O–H groups in total. The van der Waals surface area contributed by atoms with E-state index in [0.29, 0.717) is 35.6 Å². The fourth-order valence-electron chi connectivity index (χ4n) is 9.26. The monoisotopic (exact) mass is 769 g/mol. The molecule has 9 rings (SSSR count). The Bertz CT molecular complexity index is 2360. The van der Waals surface area contributed by atoms with E-state index in [2.05, 4.69) is 35.6 Å². The van der Waals surface area contributed by atoms with Crippen molar-refractivity contribution < 1.29 is 23.2 Å². The molecule has 294 valence electrons. The van der Waals surface area contributed by atoms with Crippen molar-refractivity contribution >= 4 is 45.8 Å². The third-order valence-corrected chi connectivity index (χ3v) is 12.3. The maximum Gasteiger partial charge on any atom is 0.329 e. The van der Waals surface area contributed by atoms with Crippen molar-refractivity contribution in [3.63, 3.8) is 0 Å². The molecule has 1 aromatic carbocycles. The lowest BCUT2D eigenvalue weighted by atomic mass is 9.85. The van der Waals surface area contributed by atoms with Crippen molar-refractivity contribution in [1.29, 1.82) is 0 Å². The number of nitrogens with one attached hydrogen (secondary N) is 2. The van der Waals surface area contributed by atoms with Crippen LogP contribution in [0.3, 0.4) is 0 Å². The minimum Gasteiger partial charge on any atom is -0.370 e. The number of halogens is 2. The van der Waals surface area contributed by atoms with Gasteiger partial charge in [0.05, 0.1) is 34.6 Å². The molecule has 0 spiro atoms. The Kier molecular flexibility index (Phi) is 9.42. The first kappa shape index (κ1) is 36.2. The molecule has 2 saturated heterocycles. The Balaban J connectivity index is 0.834. The average Bonchev–Trinajstić information content (AvgIpc) is 3.72. The highest BCUT2D eigenvalue weighted by Gasteiger charge is 2.39. The number of imide groups is 1. The first-order valence-corrected chi connectivity index (χ1v) is 19.7. The number of piperidine rings is 2. The van der Waals surface area contributed by atoms with Crippen molar-refractivity contribution in [1.82, 2.24) is 43.7 Å². The number of rotatable bonds is 10. The lowest BCUT2D eigenvalue weighted by Crippen LogP contribution is -2.48. The number of imidazole rings is 1. The number of anilines is 2. The number of alkyl halides is 2. The zero-order chi connectivity index (χ0) is 38.7. The van der Waals surface area contributed by atoms with Gasteiger partial charge in [-0.1, -0.05) is 6.07 Å². The van der Waals surface area contributed by atoms with Gasteiger partial charge < -0.3 is 10.2 Å². The average molecular weight is 770 g/mol. The molecule has 5 aromatic rings. The van der Waals surface area contributed by atoms with E-state index < -0.39 is 30.0 Å². The molecule has 6 heterocycles. The standard InChI is InChI=1S/C39H45F2N11O4/c1-47-34-29(4-2-5-30(34)52(39(47)56)31-12-13-32(53)45-38(31)55)48-18-14-25(15-19-48)49(24-10-11-24)21-23-6-8-26(9-7-23)51-22-28(33(46-51)35(40)41)44-37(54)27-20-43-50-17-3-16-42-36(27)50/h2-5,16-17,20,22-26,31,35H,6-15,18-19,21H2,1H3,(H,44,54)(H,45,53,55). The normalized spacial score (nSPS) is 22.4. The molecule has 4 aliphatic rings. The molecule has 17 heteroatoms. The van der Waals surface area contributed by atoms with E-state index in [4.69, 9.17) is 0 Å². The van der Waals surface area contributed by atoms with Crippen LogP contribution in [0.5, 0.6) is 0 Å². The van der Waals surface area contributed by atoms with Crippen LogP contribution in [0.1, 0.15) is 98.8 Å². The summed E-state index contributed by atoms with van der Waals surface area (Å²) in [6.07, 6.45) is 11.7. The molecule has 3 amide bonds. The van der Waals surface area contributed by atoms with Gasteiger partial charge in [0, 0.05) is 63.8 Å². The molecular weight excluding hydrogens is 724 g/mol. The fraction of sp³-hybridized carbons (Fsp3) is 0.513. The number of para-hydroxylation sites is 1. The smallest absolute Gasteiger partial charge is 0.329 e. The summed E-state index contributed by atoms with van der Waals surface area (Å²) in [5.41, 5.74) is 2.30. The molecule has 2 aliphatic carbocycles. The van der Waals surface area contributed by atoms with Gasteiger partial charge in [0.15, 0.2) is 11.3 Å². The van der Waals surface area contributed by atoms with Crippen molar-refractivity contribution in [2.24, 2.45) is 13.0 Å². The second-order valence-electron chi connectivity index (χ2n) is 15.8. The Morgan fingerprint density at radius 1 is 1.00 bits per heavy atom. The van der Waals surface area contributed by atoms with Crippen LogP contribution in [0.2, 0.25) is 0 Å². The van der Waals surface area contributed by atoms with Gasteiger partial charge in [-0.25, -0.2) is 23.1 Å². The Hall–Kier alpha value is -5.45. The number of carbonyl (C=O) groups is 3. The summed E-state index contributed by atoms with van der Waals surface area (Å²) in [5, 5.41) is 13.4. The molecule has 0 bridgehead atoms. The second kappa shape index (κ2) is 14.6. The van der Waals surface area contributed by atoms with Crippen LogP contribution in [-0.4, -0.2) is 87.9 Å².